The number of carbonyl (C=O) groups excluding carboxylic acids is 1. The Kier molecular flexibility index (Phi) is 6.75. The van der Waals surface area contributed by atoms with Gasteiger partial charge in [-0.1, -0.05) is 0 Å². The highest BCUT2D eigenvalue weighted by molar-refractivity contribution is 5.94. The van der Waals surface area contributed by atoms with Crippen molar-refractivity contribution in [3.05, 3.63) is 42.5 Å². The molecule has 10 heteroatoms. The summed E-state index contributed by atoms with van der Waals surface area (Å²) in [6.07, 6.45) is 4.61. The molecule has 0 spiro atoms. The van der Waals surface area contributed by atoms with Crippen molar-refractivity contribution in [3.63, 3.8) is 0 Å². The van der Waals surface area contributed by atoms with Gasteiger partial charge < -0.3 is 29.9 Å². The minimum Gasteiger partial charge on any atom is -0.492 e. The van der Waals surface area contributed by atoms with Crippen LogP contribution in [0.15, 0.2) is 36.9 Å². The average molecular weight is 454 g/mol. The summed E-state index contributed by atoms with van der Waals surface area (Å²) in [6, 6.07) is 6.55. The fraction of sp³-hybridized carbons (Fsp3) is 0.478. The summed E-state index contributed by atoms with van der Waals surface area (Å²) < 4.78 is 7.56. The molecule has 0 unspecified atom stereocenters. The number of imidazole rings is 1. The molecule has 1 aromatic carbocycles. The number of aromatic nitrogens is 4. The number of hydrogen-bond acceptors (Lipinski definition) is 8. The first-order chi connectivity index (χ1) is 15.9. The van der Waals surface area contributed by atoms with E-state index < -0.39 is 6.10 Å². The van der Waals surface area contributed by atoms with E-state index in [4.69, 9.17) is 10.5 Å². The van der Waals surface area contributed by atoms with Gasteiger partial charge >= 0.3 is 0 Å². The Morgan fingerprint density at radius 1 is 1.18 bits per heavy atom. The molecule has 3 N–H and O–H groups in total. The van der Waals surface area contributed by atoms with E-state index >= 15 is 0 Å². The van der Waals surface area contributed by atoms with E-state index in [1.807, 2.05) is 23.6 Å². The smallest absolute Gasteiger partial charge is 0.253 e. The van der Waals surface area contributed by atoms with Crippen LogP contribution in [0.1, 0.15) is 35.7 Å². The van der Waals surface area contributed by atoms with Crippen LogP contribution >= 0.6 is 0 Å². The van der Waals surface area contributed by atoms with Crippen LogP contribution in [0.4, 0.5) is 5.82 Å². The SMILES string of the molecule is CN(C)CCOc1ccc(C(=O)N(C)[C@@H]2CCC[C@@H](n3cnc4c(N)ncnc43)[C@@H]2O)cc1. The van der Waals surface area contributed by atoms with Gasteiger partial charge in [-0.25, -0.2) is 15.0 Å². The zero-order valence-corrected chi connectivity index (χ0v) is 19.3. The fourth-order valence-electron chi connectivity index (χ4n) is 4.37. The number of nitrogens with zero attached hydrogens (tertiary/aromatic N) is 6. The lowest BCUT2D eigenvalue weighted by Gasteiger charge is -2.40. The number of rotatable bonds is 7. The Labute approximate surface area is 193 Å². The first-order valence-corrected chi connectivity index (χ1v) is 11.1. The average Bonchev–Trinajstić information content (AvgIpc) is 3.24. The Bertz CT molecular complexity index is 1100. The van der Waals surface area contributed by atoms with Gasteiger partial charge in [0.05, 0.1) is 24.5 Å². The van der Waals surface area contributed by atoms with Crippen LogP contribution < -0.4 is 10.5 Å². The molecule has 1 aliphatic carbocycles. The number of nitrogens with two attached hydrogens (primary N) is 1. The molecule has 1 fully saturated rings. The van der Waals surface area contributed by atoms with Gasteiger partial charge in [0.1, 0.15) is 24.2 Å². The predicted octanol–water partition coefficient (Wildman–Crippen LogP) is 1.58. The second-order valence-corrected chi connectivity index (χ2v) is 8.73. The van der Waals surface area contributed by atoms with Crippen molar-refractivity contribution in [2.24, 2.45) is 0 Å². The lowest BCUT2D eigenvalue weighted by atomic mass is 9.86. The van der Waals surface area contributed by atoms with Gasteiger partial charge in [0.15, 0.2) is 11.5 Å². The Balaban J connectivity index is 1.46. The Morgan fingerprint density at radius 3 is 2.67 bits per heavy atom. The van der Waals surface area contributed by atoms with Crippen LogP contribution in [0, 0.1) is 0 Å². The summed E-state index contributed by atoms with van der Waals surface area (Å²) in [4.78, 5) is 29.5. The lowest BCUT2D eigenvalue weighted by molar-refractivity contribution is 0.0000836. The molecule has 4 rings (SSSR count). The number of benzene rings is 1. The lowest BCUT2D eigenvalue weighted by Crippen LogP contribution is -2.50. The highest BCUT2D eigenvalue weighted by atomic mass is 16.5. The zero-order chi connectivity index (χ0) is 23.5. The highest BCUT2D eigenvalue weighted by Crippen LogP contribution is 2.34. The summed E-state index contributed by atoms with van der Waals surface area (Å²) in [5, 5.41) is 11.2. The second kappa shape index (κ2) is 9.72. The second-order valence-electron chi connectivity index (χ2n) is 8.73. The monoisotopic (exact) mass is 453 g/mol. The van der Waals surface area contributed by atoms with Crippen LogP contribution in [-0.4, -0.2) is 86.8 Å². The molecule has 0 radical (unpaired) electrons. The molecular formula is C23H31N7O3. The van der Waals surface area contributed by atoms with Crippen molar-refractivity contribution in [1.29, 1.82) is 0 Å². The predicted molar refractivity (Wildman–Crippen MR) is 125 cm³/mol. The normalized spacial score (nSPS) is 20.8. The number of carbonyl (C=O) groups is 1. The molecule has 1 aliphatic rings. The maximum Gasteiger partial charge on any atom is 0.253 e. The minimum atomic E-state index is -0.769. The van der Waals surface area contributed by atoms with Crippen LogP contribution in [-0.2, 0) is 0 Å². The quantitative estimate of drug-likeness (QED) is 0.553. The topological polar surface area (TPSA) is 123 Å². The third kappa shape index (κ3) is 4.76. The van der Waals surface area contributed by atoms with E-state index in [-0.39, 0.29) is 18.0 Å². The molecule has 1 amide bonds. The summed E-state index contributed by atoms with van der Waals surface area (Å²) in [6.45, 7) is 1.39. The first kappa shape index (κ1) is 22.9. The molecule has 3 atom stereocenters. The fourth-order valence-corrected chi connectivity index (χ4v) is 4.37. The number of fused-ring (bicyclic) bond motifs is 1. The van der Waals surface area contributed by atoms with E-state index in [2.05, 4.69) is 15.0 Å². The van der Waals surface area contributed by atoms with Gasteiger partial charge in [-0.15, -0.1) is 0 Å². The number of nitrogen functional groups attached to an aromatic ring is 1. The summed E-state index contributed by atoms with van der Waals surface area (Å²) in [5.74, 6) is 0.894. The van der Waals surface area contributed by atoms with Crippen molar-refractivity contribution in [2.45, 2.75) is 37.5 Å². The van der Waals surface area contributed by atoms with E-state index in [0.29, 0.717) is 29.2 Å². The molecule has 0 saturated heterocycles. The molecule has 10 nitrogen and oxygen atoms in total. The van der Waals surface area contributed by atoms with Gasteiger partial charge in [-0.3, -0.25) is 4.79 Å². The summed E-state index contributed by atoms with van der Waals surface area (Å²) in [5.41, 5.74) is 7.57. The number of anilines is 1. The number of aliphatic hydroxyl groups is 1. The molecule has 2 aromatic heterocycles. The number of ether oxygens (including phenoxy) is 1. The molecule has 3 aromatic rings. The third-order valence-electron chi connectivity index (χ3n) is 6.26. The van der Waals surface area contributed by atoms with E-state index in [1.165, 1.54) is 6.33 Å². The number of hydrogen-bond donors (Lipinski definition) is 2. The number of likely N-dealkylation sites (N-methyl/N-ethyl adjacent to an activating group) is 2. The number of aliphatic hydroxyl groups excluding tert-OH is 1. The summed E-state index contributed by atoms with van der Waals surface area (Å²) in [7, 11) is 5.72. The van der Waals surface area contributed by atoms with Gasteiger partial charge in [-0.2, -0.15) is 0 Å². The molecule has 0 bridgehead atoms. The Hall–Kier alpha value is -3.24. The van der Waals surface area contributed by atoms with Crippen LogP contribution in [0.5, 0.6) is 5.75 Å². The standard InChI is InChI=1S/C23H31N7O3/c1-28(2)11-12-33-16-9-7-15(8-10-16)23(32)29(3)17-5-4-6-18(20(17)31)30-14-27-19-21(24)25-13-26-22(19)30/h7-10,13-14,17-18,20,31H,4-6,11-12H2,1-3H3,(H2,24,25,26)/t17-,18-,20-/m1/s1. The largest absolute Gasteiger partial charge is 0.492 e. The van der Waals surface area contributed by atoms with Gasteiger partial charge in [0, 0.05) is 19.2 Å². The van der Waals surface area contributed by atoms with E-state index in [9.17, 15) is 9.90 Å². The third-order valence-corrected chi connectivity index (χ3v) is 6.26. The molecule has 2 heterocycles. The molecular weight excluding hydrogens is 422 g/mol. The van der Waals surface area contributed by atoms with Gasteiger partial charge in [-0.05, 0) is 57.6 Å². The maximum atomic E-state index is 13.2. The van der Waals surface area contributed by atoms with Crippen LogP contribution in [0.2, 0.25) is 0 Å². The zero-order valence-electron chi connectivity index (χ0n) is 19.3. The van der Waals surface area contributed by atoms with Crippen molar-refractivity contribution >= 4 is 22.9 Å². The van der Waals surface area contributed by atoms with Crippen molar-refractivity contribution in [1.82, 2.24) is 29.3 Å². The van der Waals surface area contributed by atoms with Crippen molar-refractivity contribution < 1.29 is 14.6 Å². The van der Waals surface area contributed by atoms with E-state index in [0.717, 1.165) is 31.6 Å². The van der Waals surface area contributed by atoms with Crippen molar-refractivity contribution in [2.75, 3.05) is 40.0 Å². The van der Waals surface area contributed by atoms with Crippen LogP contribution in [0.3, 0.4) is 0 Å². The van der Waals surface area contributed by atoms with Gasteiger partial charge in [0.2, 0.25) is 0 Å². The Morgan fingerprint density at radius 2 is 1.94 bits per heavy atom. The molecule has 33 heavy (non-hydrogen) atoms. The molecule has 176 valence electrons. The minimum absolute atomic E-state index is 0.137. The molecule has 1 saturated carbocycles. The first-order valence-electron chi connectivity index (χ1n) is 11.1. The van der Waals surface area contributed by atoms with Crippen LogP contribution in [0.25, 0.3) is 11.2 Å². The van der Waals surface area contributed by atoms with Gasteiger partial charge in [0.25, 0.3) is 5.91 Å². The maximum absolute atomic E-state index is 13.2. The van der Waals surface area contributed by atoms with Crippen molar-refractivity contribution in [3.8, 4) is 5.75 Å². The summed E-state index contributed by atoms with van der Waals surface area (Å²) >= 11 is 0. The molecule has 0 aliphatic heterocycles. The van der Waals surface area contributed by atoms with E-state index in [1.54, 1.807) is 42.5 Å². The number of amides is 1. The highest BCUT2D eigenvalue weighted by Gasteiger charge is 2.38.